The molecule has 0 unspecified atom stereocenters. The molecule has 1 N–H and O–H groups in total. The molecule has 0 aromatic heterocycles. The van der Waals surface area contributed by atoms with Gasteiger partial charge in [-0.15, -0.1) is 0 Å². The van der Waals surface area contributed by atoms with E-state index in [9.17, 15) is 9.50 Å². The minimum Gasteiger partial charge on any atom is -0.389 e. The van der Waals surface area contributed by atoms with E-state index in [0.717, 1.165) is 26.2 Å². The van der Waals surface area contributed by atoms with E-state index < -0.39 is 6.10 Å². The number of rotatable bonds is 3. The zero-order valence-corrected chi connectivity index (χ0v) is 11.9. The molecule has 2 rings (SSSR count). The van der Waals surface area contributed by atoms with Crippen LogP contribution in [-0.4, -0.2) is 42.2 Å². The predicted molar refractivity (Wildman–Crippen MR) is 76.0 cm³/mol. The third-order valence-corrected chi connectivity index (χ3v) is 3.84. The van der Waals surface area contributed by atoms with Crippen LogP contribution in [-0.2, 0) is 0 Å². The Balaban J connectivity index is 2.07. The summed E-state index contributed by atoms with van der Waals surface area (Å²) in [6.45, 7) is 9.66. The van der Waals surface area contributed by atoms with Gasteiger partial charge in [0.1, 0.15) is 5.82 Å². The number of hydrogen-bond acceptors (Lipinski definition) is 3. The summed E-state index contributed by atoms with van der Waals surface area (Å²) in [5.41, 5.74) is 1.27. The quantitative estimate of drug-likeness (QED) is 0.910. The molecule has 0 amide bonds. The first-order chi connectivity index (χ1) is 8.99. The van der Waals surface area contributed by atoms with E-state index in [4.69, 9.17) is 0 Å². The fourth-order valence-corrected chi connectivity index (χ4v) is 2.52. The number of halogens is 1. The number of nitrogens with zero attached hydrogens (tertiary/aromatic N) is 2. The number of aliphatic hydroxyl groups excluding tert-OH is 1. The zero-order chi connectivity index (χ0) is 14.0. The molecule has 1 saturated heterocycles. The summed E-state index contributed by atoms with van der Waals surface area (Å²) in [4.78, 5) is 4.48. The second-order valence-electron chi connectivity index (χ2n) is 5.50. The molecule has 3 nitrogen and oxygen atoms in total. The van der Waals surface area contributed by atoms with E-state index in [-0.39, 0.29) is 5.82 Å². The van der Waals surface area contributed by atoms with Gasteiger partial charge in [0.05, 0.1) is 11.8 Å². The van der Waals surface area contributed by atoms with Crippen molar-refractivity contribution in [1.82, 2.24) is 4.90 Å². The summed E-state index contributed by atoms with van der Waals surface area (Å²) in [6.07, 6.45) is -0.624. The molecular formula is C15H23FN2O. The van der Waals surface area contributed by atoms with Gasteiger partial charge in [0.15, 0.2) is 0 Å². The van der Waals surface area contributed by atoms with E-state index in [2.05, 4.69) is 23.6 Å². The smallest absolute Gasteiger partial charge is 0.146 e. The molecule has 0 aliphatic carbocycles. The lowest BCUT2D eigenvalue weighted by Crippen LogP contribution is -2.49. The van der Waals surface area contributed by atoms with Crippen molar-refractivity contribution in [3.8, 4) is 0 Å². The van der Waals surface area contributed by atoms with Crippen molar-refractivity contribution in [3.63, 3.8) is 0 Å². The molecule has 1 aliphatic heterocycles. The van der Waals surface area contributed by atoms with Crippen LogP contribution in [0.15, 0.2) is 18.2 Å². The molecule has 1 fully saturated rings. The van der Waals surface area contributed by atoms with Gasteiger partial charge < -0.3 is 10.0 Å². The molecule has 1 aliphatic rings. The Kier molecular flexibility index (Phi) is 4.42. The highest BCUT2D eigenvalue weighted by atomic mass is 19.1. The van der Waals surface area contributed by atoms with Crippen LogP contribution in [0.2, 0.25) is 0 Å². The van der Waals surface area contributed by atoms with Crippen LogP contribution >= 0.6 is 0 Å². The molecule has 0 bridgehead atoms. The van der Waals surface area contributed by atoms with Gasteiger partial charge in [0.25, 0.3) is 0 Å². The number of piperazine rings is 1. The molecule has 1 aromatic carbocycles. The largest absolute Gasteiger partial charge is 0.389 e. The summed E-state index contributed by atoms with van der Waals surface area (Å²) in [6, 6.07) is 5.57. The molecule has 1 heterocycles. The van der Waals surface area contributed by atoms with Crippen LogP contribution in [0.4, 0.5) is 10.1 Å². The predicted octanol–water partition coefficient (Wildman–Crippen LogP) is 2.41. The SMILES string of the molecule is CC(C)N1CCN(c2ccc([C@H](C)O)cc2F)CC1. The number of anilines is 1. The lowest BCUT2D eigenvalue weighted by molar-refractivity contribution is 0.198. The second-order valence-corrected chi connectivity index (χ2v) is 5.50. The van der Waals surface area contributed by atoms with Gasteiger partial charge in [-0.05, 0) is 38.5 Å². The van der Waals surface area contributed by atoms with Crippen LogP contribution in [0.1, 0.15) is 32.4 Å². The van der Waals surface area contributed by atoms with Crippen LogP contribution in [0.5, 0.6) is 0 Å². The van der Waals surface area contributed by atoms with Crippen molar-refractivity contribution in [3.05, 3.63) is 29.6 Å². The molecule has 1 atom stereocenters. The third kappa shape index (κ3) is 3.25. The topological polar surface area (TPSA) is 26.7 Å². The van der Waals surface area contributed by atoms with E-state index in [1.165, 1.54) is 6.07 Å². The van der Waals surface area contributed by atoms with Crippen LogP contribution in [0, 0.1) is 5.82 Å². The van der Waals surface area contributed by atoms with E-state index >= 15 is 0 Å². The van der Waals surface area contributed by atoms with E-state index in [1.807, 2.05) is 0 Å². The minimum absolute atomic E-state index is 0.239. The molecule has 1 aromatic rings. The summed E-state index contributed by atoms with van der Waals surface area (Å²) >= 11 is 0. The van der Waals surface area contributed by atoms with Crippen molar-refractivity contribution in [2.75, 3.05) is 31.1 Å². The lowest BCUT2D eigenvalue weighted by atomic mass is 10.1. The molecule has 0 saturated carbocycles. The fraction of sp³-hybridized carbons (Fsp3) is 0.600. The summed E-state index contributed by atoms with van der Waals surface area (Å²) in [7, 11) is 0. The van der Waals surface area contributed by atoms with E-state index in [1.54, 1.807) is 19.1 Å². The van der Waals surface area contributed by atoms with Crippen molar-refractivity contribution in [2.45, 2.75) is 32.9 Å². The second kappa shape index (κ2) is 5.88. The van der Waals surface area contributed by atoms with Gasteiger partial charge >= 0.3 is 0 Å². The highest BCUT2D eigenvalue weighted by Crippen LogP contribution is 2.24. The van der Waals surface area contributed by atoms with Crippen molar-refractivity contribution in [2.24, 2.45) is 0 Å². The molecule has 4 heteroatoms. The summed E-state index contributed by atoms with van der Waals surface area (Å²) < 4.78 is 14.1. The standard InChI is InChI=1S/C15H23FN2O/c1-11(2)17-6-8-18(9-7-17)15-5-4-13(12(3)19)10-14(15)16/h4-5,10-12,19H,6-9H2,1-3H3/t12-/m0/s1. The first-order valence-electron chi connectivity index (χ1n) is 6.95. The summed E-state index contributed by atoms with van der Waals surface area (Å²) in [5.74, 6) is -0.239. The van der Waals surface area contributed by atoms with Gasteiger partial charge in [-0.2, -0.15) is 0 Å². The highest BCUT2D eigenvalue weighted by Gasteiger charge is 2.21. The maximum atomic E-state index is 14.1. The number of hydrogen-bond donors (Lipinski definition) is 1. The molecule has 0 spiro atoms. The Hall–Kier alpha value is -1.13. The Morgan fingerprint density at radius 3 is 2.21 bits per heavy atom. The Bertz CT molecular complexity index is 426. The van der Waals surface area contributed by atoms with Gasteiger partial charge in [0.2, 0.25) is 0 Å². The zero-order valence-electron chi connectivity index (χ0n) is 11.9. The maximum absolute atomic E-state index is 14.1. The lowest BCUT2D eigenvalue weighted by Gasteiger charge is -2.38. The molecular weight excluding hydrogens is 243 g/mol. The first kappa shape index (κ1) is 14.3. The minimum atomic E-state index is -0.624. The van der Waals surface area contributed by atoms with Gasteiger partial charge in [-0.1, -0.05) is 6.07 Å². The average Bonchev–Trinajstić information content (AvgIpc) is 2.38. The number of benzene rings is 1. The first-order valence-corrected chi connectivity index (χ1v) is 6.95. The van der Waals surface area contributed by atoms with Crippen LogP contribution < -0.4 is 4.90 Å². The Morgan fingerprint density at radius 1 is 1.11 bits per heavy atom. The van der Waals surface area contributed by atoms with Gasteiger partial charge in [-0.3, -0.25) is 4.90 Å². The fourth-order valence-electron chi connectivity index (χ4n) is 2.52. The molecule has 106 valence electrons. The average molecular weight is 266 g/mol. The highest BCUT2D eigenvalue weighted by molar-refractivity contribution is 5.50. The molecule has 19 heavy (non-hydrogen) atoms. The van der Waals surface area contributed by atoms with Crippen LogP contribution in [0.25, 0.3) is 0 Å². The molecule has 0 radical (unpaired) electrons. The Labute approximate surface area is 114 Å². The van der Waals surface area contributed by atoms with Crippen molar-refractivity contribution >= 4 is 5.69 Å². The third-order valence-electron chi connectivity index (χ3n) is 3.84. The van der Waals surface area contributed by atoms with Crippen molar-refractivity contribution < 1.29 is 9.50 Å². The summed E-state index contributed by atoms with van der Waals surface area (Å²) in [5, 5.41) is 9.46. The maximum Gasteiger partial charge on any atom is 0.146 e. The van der Waals surface area contributed by atoms with E-state index in [0.29, 0.717) is 17.3 Å². The normalized spacial score (nSPS) is 18.9. The number of aliphatic hydroxyl groups is 1. The van der Waals surface area contributed by atoms with Crippen LogP contribution in [0.3, 0.4) is 0 Å². The monoisotopic (exact) mass is 266 g/mol. The Morgan fingerprint density at radius 2 is 1.74 bits per heavy atom. The van der Waals surface area contributed by atoms with Gasteiger partial charge in [-0.25, -0.2) is 4.39 Å². The van der Waals surface area contributed by atoms with Crippen molar-refractivity contribution in [1.29, 1.82) is 0 Å². The van der Waals surface area contributed by atoms with Gasteiger partial charge in [0, 0.05) is 32.2 Å².